The summed E-state index contributed by atoms with van der Waals surface area (Å²) in [5.74, 6) is 0.0244. The lowest BCUT2D eigenvalue weighted by atomic mass is 10.1. The van der Waals surface area contributed by atoms with Crippen LogP contribution in [-0.4, -0.2) is 43.5 Å². The minimum atomic E-state index is 0.0244. The van der Waals surface area contributed by atoms with E-state index in [2.05, 4.69) is 22.6 Å². The third-order valence-corrected chi connectivity index (χ3v) is 3.42. The van der Waals surface area contributed by atoms with Crippen molar-refractivity contribution in [3.63, 3.8) is 0 Å². The Kier molecular flexibility index (Phi) is 4.58. The summed E-state index contributed by atoms with van der Waals surface area (Å²) < 4.78 is 0. The Labute approximate surface area is 112 Å². The summed E-state index contributed by atoms with van der Waals surface area (Å²) in [6.07, 6.45) is 0.500. The predicted molar refractivity (Wildman–Crippen MR) is 74.0 cm³/mol. The van der Waals surface area contributed by atoms with Crippen molar-refractivity contribution < 1.29 is 4.79 Å². The van der Waals surface area contributed by atoms with Crippen molar-refractivity contribution in [2.24, 2.45) is 0 Å². The Morgan fingerprint density at radius 3 is 2.94 bits per heavy atom. The lowest BCUT2D eigenvalue weighted by Crippen LogP contribution is -2.56. The molecule has 18 heavy (non-hydrogen) atoms. The molecule has 2 N–H and O–H groups in total. The van der Waals surface area contributed by atoms with Gasteiger partial charge in [0.25, 0.3) is 0 Å². The molecule has 5 heteroatoms. The second-order valence-electron chi connectivity index (χ2n) is 4.60. The Morgan fingerprint density at radius 1 is 1.56 bits per heavy atom. The van der Waals surface area contributed by atoms with Gasteiger partial charge in [-0.15, -0.1) is 0 Å². The van der Waals surface area contributed by atoms with Gasteiger partial charge in [-0.3, -0.25) is 4.79 Å². The standard InChI is InChI=1S/C13H18ClN3O/c1-17(12-8-15-9-12)6-5-13(18)16-11-4-2-3-10(14)7-11/h2-4,7,12,15H,5-6,8-9H2,1H3,(H,16,18). The number of hydrogen-bond acceptors (Lipinski definition) is 3. The van der Waals surface area contributed by atoms with Gasteiger partial charge in [-0.1, -0.05) is 17.7 Å². The maximum atomic E-state index is 11.8. The quantitative estimate of drug-likeness (QED) is 0.851. The number of anilines is 1. The summed E-state index contributed by atoms with van der Waals surface area (Å²) in [7, 11) is 2.05. The number of carbonyl (C=O) groups is 1. The maximum Gasteiger partial charge on any atom is 0.225 e. The monoisotopic (exact) mass is 267 g/mol. The van der Waals surface area contributed by atoms with Crippen LogP contribution in [0.3, 0.4) is 0 Å². The zero-order chi connectivity index (χ0) is 13.0. The van der Waals surface area contributed by atoms with Crippen LogP contribution in [-0.2, 0) is 4.79 Å². The molecule has 1 amide bonds. The van der Waals surface area contributed by atoms with Crippen molar-refractivity contribution in [2.45, 2.75) is 12.5 Å². The lowest BCUT2D eigenvalue weighted by molar-refractivity contribution is -0.116. The van der Waals surface area contributed by atoms with Crippen LogP contribution in [0.5, 0.6) is 0 Å². The molecule has 1 fully saturated rings. The van der Waals surface area contributed by atoms with E-state index < -0.39 is 0 Å². The van der Waals surface area contributed by atoms with Crippen LogP contribution in [0, 0.1) is 0 Å². The average molecular weight is 268 g/mol. The summed E-state index contributed by atoms with van der Waals surface area (Å²) in [5.41, 5.74) is 0.750. The van der Waals surface area contributed by atoms with E-state index in [0.717, 1.165) is 25.3 Å². The first-order valence-electron chi connectivity index (χ1n) is 6.11. The number of nitrogens with zero attached hydrogens (tertiary/aromatic N) is 1. The molecule has 0 spiro atoms. The molecule has 0 aromatic heterocycles. The number of carbonyl (C=O) groups excluding carboxylic acids is 1. The number of hydrogen-bond donors (Lipinski definition) is 2. The third kappa shape index (κ3) is 3.70. The van der Waals surface area contributed by atoms with Crippen molar-refractivity contribution in [1.29, 1.82) is 0 Å². The molecule has 4 nitrogen and oxygen atoms in total. The van der Waals surface area contributed by atoms with E-state index in [-0.39, 0.29) is 5.91 Å². The molecule has 1 heterocycles. The Morgan fingerprint density at radius 2 is 2.33 bits per heavy atom. The highest BCUT2D eigenvalue weighted by molar-refractivity contribution is 6.30. The smallest absolute Gasteiger partial charge is 0.225 e. The minimum Gasteiger partial charge on any atom is -0.326 e. The molecule has 1 saturated heterocycles. The molecule has 1 aliphatic heterocycles. The van der Waals surface area contributed by atoms with E-state index >= 15 is 0 Å². The molecule has 0 bridgehead atoms. The third-order valence-electron chi connectivity index (χ3n) is 3.18. The summed E-state index contributed by atoms with van der Waals surface area (Å²) in [6.45, 7) is 2.82. The summed E-state index contributed by atoms with van der Waals surface area (Å²) in [5, 5.41) is 6.70. The van der Waals surface area contributed by atoms with Gasteiger partial charge in [-0.05, 0) is 25.2 Å². The van der Waals surface area contributed by atoms with Gasteiger partial charge in [0.1, 0.15) is 0 Å². The maximum absolute atomic E-state index is 11.8. The largest absolute Gasteiger partial charge is 0.326 e. The van der Waals surface area contributed by atoms with Crippen molar-refractivity contribution in [2.75, 3.05) is 32.0 Å². The number of rotatable bonds is 5. The van der Waals surface area contributed by atoms with E-state index in [1.807, 2.05) is 12.1 Å². The van der Waals surface area contributed by atoms with Crippen LogP contribution in [0.15, 0.2) is 24.3 Å². The predicted octanol–water partition coefficient (Wildman–Crippen LogP) is 1.57. The Hall–Kier alpha value is -1.10. The second kappa shape index (κ2) is 6.18. The van der Waals surface area contributed by atoms with Crippen molar-refractivity contribution in [3.05, 3.63) is 29.3 Å². The SMILES string of the molecule is CN(CCC(=O)Nc1cccc(Cl)c1)C1CNC1. The topological polar surface area (TPSA) is 44.4 Å². The fourth-order valence-corrected chi connectivity index (χ4v) is 2.03. The minimum absolute atomic E-state index is 0.0244. The molecule has 0 aliphatic carbocycles. The average Bonchev–Trinajstić information content (AvgIpc) is 2.24. The van der Waals surface area contributed by atoms with Gasteiger partial charge in [0.05, 0.1) is 0 Å². The number of nitrogens with one attached hydrogen (secondary N) is 2. The fourth-order valence-electron chi connectivity index (χ4n) is 1.84. The summed E-state index contributed by atoms with van der Waals surface area (Å²) >= 11 is 5.86. The van der Waals surface area contributed by atoms with Gasteiger partial charge in [-0.2, -0.15) is 0 Å². The molecular formula is C13H18ClN3O. The van der Waals surface area contributed by atoms with Gasteiger partial charge in [-0.25, -0.2) is 0 Å². The Bertz CT molecular complexity index is 420. The fraction of sp³-hybridized carbons (Fsp3) is 0.462. The Balaban J connectivity index is 1.74. The normalized spacial score (nSPS) is 15.5. The highest BCUT2D eigenvalue weighted by atomic mass is 35.5. The van der Waals surface area contributed by atoms with E-state index in [4.69, 9.17) is 11.6 Å². The highest BCUT2D eigenvalue weighted by Crippen LogP contribution is 2.15. The van der Waals surface area contributed by atoms with Gasteiger partial charge >= 0.3 is 0 Å². The van der Waals surface area contributed by atoms with Crippen LogP contribution >= 0.6 is 11.6 Å². The molecule has 2 rings (SSSR count). The van der Waals surface area contributed by atoms with Crippen molar-refractivity contribution in [1.82, 2.24) is 10.2 Å². The molecule has 98 valence electrons. The van der Waals surface area contributed by atoms with Crippen molar-refractivity contribution in [3.8, 4) is 0 Å². The molecule has 0 saturated carbocycles. The highest BCUT2D eigenvalue weighted by Gasteiger charge is 2.21. The van der Waals surface area contributed by atoms with E-state index in [0.29, 0.717) is 17.5 Å². The van der Waals surface area contributed by atoms with Crippen LogP contribution in [0.1, 0.15) is 6.42 Å². The van der Waals surface area contributed by atoms with Gasteiger partial charge in [0.2, 0.25) is 5.91 Å². The first kappa shape index (κ1) is 13.3. The van der Waals surface area contributed by atoms with Crippen LogP contribution in [0.25, 0.3) is 0 Å². The first-order valence-corrected chi connectivity index (χ1v) is 6.49. The molecule has 1 aromatic carbocycles. The van der Waals surface area contributed by atoms with Gasteiger partial charge in [0.15, 0.2) is 0 Å². The molecule has 1 aliphatic rings. The number of halogens is 1. The van der Waals surface area contributed by atoms with Crippen LogP contribution < -0.4 is 10.6 Å². The van der Waals surface area contributed by atoms with Gasteiger partial charge < -0.3 is 15.5 Å². The molecule has 0 radical (unpaired) electrons. The second-order valence-corrected chi connectivity index (χ2v) is 5.04. The van der Waals surface area contributed by atoms with Crippen LogP contribution in [0.4, 0.5) is 5.69 Å². The van der Waals surface area contributed by atoms with E-state index in [9.17, 15) is 4.79 Å². The zero-order valence-corrected chi connectivity index (χ0v) is 11.2. The van der Waals surface area contributed by atoms with Crippen molar-refractivity contribution >= 4 is 23.2 Å². The number of benzene rings is 1. The lowest BCUT2D eigenvalue weighted by Gasteiger charge is -2.35. The van der Waals surface area contributed by atoms with Crippen LogP contribution in [0.2, 0.25) is 5.02 Å². The molecular weight excluding hydrogens is 250 g/mol. The van der Waals surface area contributed by atoms with Gasteiger partial charge in [0, 0.05) is 42.8 Å². The first-order chi connectivity index (χ1) is 8.65. The molecule has 0 unspecified atom stereocenters. The molecule has 1 aromatic rings. The number of amides is 1. The van der Waals surface area contributed by atoms with E-state index in [1.54, 1.807) is 12.1 Å². The summed E-state index contributed by atoms with van der Waals surface area (Å²) in [4.78, 5) is 14.0. The zero-order valence-electron chi connectivity index (χ0n) is 10.4. The number of likely N-dealkylation sites (N-methyl/N-ethyl adjacent to an activating group) is 1. The summed E-state index contributed by atoms with van der Waals surface area (Å²) in [6, 6.07) is 7.77. The van der Waals surface area contributed by atoms with E-state index in [1.165, 1.54) is 0 Å². The molecule has 0 atom stereocenters.